The Morgan fingerprint density at radius 1 is 1.00 bits per heavy atom. The van der Waals surface area contributed by atoms with Crippen LogP contribution in [-0.2, 0) is 19.1 Å². The number of primary amides is 1. The Labute approximate surface area is 219 Å². The van der Waals surface area contributed by atoms with E-state index in [1.807, 2.05) is 32.0 Å². The summed E-state index contributed by atoms with van der Waals surface area (Å²) >= 11 is 0. The topological polar surface area (TPSA) is 131 Å². The van der Waals surface area contributed by atoms with Gasteiger partial charge in [-0.05, 0) is 65.9 Å². The fourth-order valence-corrected chi connectivity index (χ4v) is 5.03. The van der Waals surface area contributed by atoms with Crippen LogP contribution in [0.3, 0.4) is 0 Å². The Hall–Kier alpha value is -3.10. The Bertz CT molecular complexity index is 988. The minimum atomic E-state index is -1.25. The second-order valence-corrected chi connectivity index (χ2v) is 11.5. The van der Waals surface area contributed by atoms with Crippen LogP contribution in [0.4, 0.5) is 4.79 Å². The molecule has 0 heterocycles. The summed E-state index contributed by atoms with van der Waals surface area (Å²) in [6.45, 7) is 9.03. The van der Waals surface area contributed by atoms with Crippen molar-refractivity contribution >= 4 is 23.8 Å². The van der Waals surface area contributed by atoms with Crippen LogP contribution in [0.1, 0.15) is 94.9 Å². The van der Waals surface area contributed by atoms with Crippen molar-refractivity contribution in [3.05, 3.63) is 34.9 Å². The van der Waals surface area contributed by atoms with Crippen LogP contribution in [-0.4, -0.2) is 52.4 Å². The molecule has 37 heavy (non-hydrogen) atoms. The van der Waals surface area contributed by atoms with E-state index in [4.69, 9.17) is 10.5 Å². The van der Waals surface area contributed by atoms with Crippen LogP contribution in [0.25, 0.3) is 0 Å². The zero-order valence-corrected chi connectivity index (χ0v) is 22.8. The van der Waals surface area contributed by atoms with Crippen molar-refractivity contribution < 1.29 is 23.9 Å². The number of amides is 4. The lowest BCUT2D eigenvalue weighted by Gasteiger charge is -2.36. The highest BCUT2D eigenvalue weighted by Gasteiger charge is 2.44. The lowest BCUT2D eigenvalue weighted by atomic mass is 9.94. The van der Waals surface area contributed by atoms with Crippen molar-refractivity contribution in [2.75, 3.05) is 0 Å². The number of hydrogen-bond donors (Lipinski definition) is 3. The number of nitrogens with zero attached hydrogens (tertiary/aromatic N) is 1. The predicted octanol–water partition coefficient (Wildman–Crippen LogP) is 3.55. The van der Waals surface area contributed by atoms with Crippen LogP contribution in [0.15, 0.2) is 18.2 Å². The first-order valence-electron chi connectivity index (χ1n) is 13.3. The largest absolute Gasteiger partial charge is 0.444 e. The molecule has 0 aliphatic heterocycles. The Morgan fingerprint density at radius 3 is 2.11 bits per heavy atom. The summed E-state index contributed by atoms with van der Waals surface area (Å²) in [7, 11) is 0. The molecule has 4 N–H and O–H groups in total. The number of carbonyl (C=O) groups is 4. The fraction of sp³-hybridized carbons (Fsp3) is 0.643. The lowest BCUT2D eigenvalue weighted by Crippen LogP contribution is -2.55. The molecule has 2 aliphatic rings. The highest BCUT2D eigenvalue weighted by molar-refractivity contribution is 5.95. The summed E-state index contributed by atoms with van der Waals surface area (Å²) < 4.78 is 5.33. The van der Waals surface area contributed by atoms with E-state index >= 15 is 0 Å². The molecule has 0 radical (unpaired) electrons. The quantitative estimate of drug-likeness (QED) is 0.464. The molecule has 0 bridgehead atoms. The molecule has 2 aliphatic carbocycles. The number of benzene rings is 1. The zero-order valence-electron chi connectivity index (χ0n) is 22.8. The number of carbonyl (C=O) groups excluding carboxylic acids is 4. The lowest BCUT2D eigenvalue weighted by molar-refractivity contribution is -0.144. The van der Waals surface area contributed by atoms with E-state index in [-0.39, 0.29) is 18.0 Å². The first-order chi connectivity index (χ1) is 17.3. The van der Waals surface area contributed by atoms with Gasteiger partial charge in [0.25, 0.3) is 0 Å². The first kappa shape index (κ1) is 28.5. The van der Waals surface area contributed by atoms with E-state index < -0.39 is 42.0 Å². The third kappa shape index (κ3) is 8.47. The molecule has 204 valence electrons. The van der Waals surface area contributed by atoms with Gasteiger partial charge >= 0.3 is 6.09 Å². The van der Waals surface area contributed by atoms with Gasteiger partial charge in [-0.2, -0.15) is 0 Å². The standard InChI is InChI=1S/C28H42N4O5/c1-17-13-18(2)15-19(14-17)24(25(34)30-20-9-7-6-8-10-20)32(21-11-12-21)26(35)22(16-23(29)33)31-27(36)37-28(3,4)5/h13-15,20-22,24H,6-12,16H2,1-5H3,(H2,29,33)(H,30,34)(H,31,36). The monoisotopic (exact) mass is 514 g/mol. The summed E-state index contributed by atoms with van der Waals surface area (Å²) in [4.78, 5) is 53.9. The average molecular weight is 515 g/mol. The Morgan fingerprint density at radius 2 is 1.59 bits per heavy atom. The molecule has 2 atom stereocenters. The molecule has 1 aromatic rings. The SMILES string of the molecule is Cc1cc(C)cc(C(C(=O)NC2CCCCC2)N(C(=O)C(CC(N)=O)NC(=O)OC(C)(C)C)C2CC2)c1. The predicted molar refractivity (Wildman–Crippen MR) is 141 cm³/mol. The Kier molecular flexibility index (Phi) is 9.21. The molecule has 9 heteroatoms. The molecular weight excluding hydrogens is 472 g/mol. The van der Waals surface area contributed by atoms with Gasteiger partial charge in [-0.25, -0.2) is 4.79 Å². The van der Waals surface area contributed by atoms with E-state index in [1.165, 1.54) is 0 Å². The molecule has 1 aromatic carbocycles. The van der Waals surface area contributed by atoms with Crippen LogP contribution in [0.5, 0.6) is 0 Å². The molecule has 9 nitrogen and oxygen atoms in total. The fourth-order valence-electron chi connectivity index (χ4n) is 5.03. The third-order valence-corrected chi connectivity index (χ3v) is 6.63. The maximum Gasteiger partial charge on any atom is 0.408 e. The van der Waals surface area contributed by atoms with Crippen LogP contribution < -0.4 is 16.4 Å². The molecule has 0 aromatic heterocycles. The summed E-state index contributed by atoms with van der Waals surface area (Å²) in [5.74, 6) is -1.50. The first-order valence-corrected chi connectivity index (χ1v) is 13.3. The van der Waals surface area contributed by atoms with Gasteiger partial charge in [0.15, 0.2) is 0 Å². The van der Waals surface area contributed by atoms with Crippen LogP contribution in [0, 0.1) is 13.8 Å². The van der Waals surface area contributed by atoms with E-state index in [2.05, 4.69) is 10.6 Å². The van der Waals surface area contributed by atoms with Crippen molar-refractivity contribution in [2.24, 2.45) is 5.73 Å². The van der Waals surface area contributed by atoms with Gasteiger partial charge < -0.3 is 26.0 Å². The van der Waals surface area contributed by atoms with Gasteiger partial charge in [-0.3, -0.25) is 14.4 Å². The van der Waals surface area contributed by atoms with Gasteiger partial charge in [0.05, 0.1) is 6.42 Å². The average Bonchev–Trinajstić information content (AvgIpc) is 3.59. The van der Waals surface area contributed by atoms with Crippen molar-refractivity contribution in [3.8, 4) is 0 Å². The summed E-state index contributed by atoms with van der Waals surface area (Å²) in [5.41, 5.74) is 7.34. The number of hydrogen-bond acceptors (Lipinski definition) is 5. The summed E-state index contributed by atoms with van der Waals surface area (Å²) in [6, 6.07) is 3.61. The van der Waals surface area contributed by atoms with Crippen molar-refractivity contribution in [1.82, 2.24) is 15.5 Å². The molecule has 2 fully saturated rings. The maximum absolute atomic E-state index is 14.0. The van der Waals surface area contributed by atoms with E-state index in [0.717, 1.165) is 56.1 Å². The van der Waals surface area contributed by atoms with Gasteiger partial charge in [-0.1, -0.05) is 48.6 Å². The molecular formula is C28H42N4O5. The number of nitrogens with two attached hydrogens (primary N) is 1. The molecule has 2 unspecified atom stereocenters. The second kappa shape index (κ2) is 12.0. The molecule has 0 saturated heterocycles. The van der Waals surface area contributed by atoms with E-state index in [0.29, 0.717) is 5.56 Å². The zero-order chi connectivity index (χ0) is 27.3. The molecule has 2 saturated carbocycles. The van der Waals surface area contributed by atoms with Crippen LogP contribution >= 0.6 is 0 Å². The minimum Gasteiger partial charge on any atom is -0.444 e. The molecule has 0 spiro atoms. The summed E-state index contributed by atoms with van der Waals surface area (Å²) in [6.07, 6.45) is 5.35. The number of rotatable bonds is 9. The highest BCUT2D eigenvalue weighted by Crippen LogP contribution is 2.36. The smallest absolute Gasteiger partial charge is 0.408 e. The third-order valence-electron chi connectivity index (χ3n) is 6.63. The number of aryl methyl sites for hydroxylation is 2. The van der Waals surface area contributed by atoms with Crippen LogP contribution in [0.2, 0.25) is 0 Å². The van der Waals surface area contributed by atoms with Crippen molar-refractivity contribution in [2.45, 2.75) is 116 Å². The van der Waals surface area contributed by atoms with E-state index in [1.54, 1.807) is 25.7 Å². The van der Waals surface area contributed by atoms with Gasteiger partial charge in [0.2, 0.25) is 17.7 Å². The second-order valence-electron chi connectivity index (χ2n) is 11.5. The summed E-state index contributed by atoms with van der Waals surface area (Å²) in [5, 5.41) is 5.72. The highest BCUT2D eigenvalue weighted by atomic mass is 16.6. The van der Waals surface area contributed by atoms with Gasteiger partial charge in [0.1, 0.15) is 17.7 Å². The Balaban J connectivity index is 1.97. The number of nitrogens with one attached hydrogen (secondary N) is 2. The van der Waals surface area contributed by atoms with Gasteiger partial charge in [-0.15, -0.1) is 0 Å². The normalized spacial score (nSPS) is 17.9. The van der Waals surface area contributed by atoms with Crippen molar-refractivity contribution in [1.29, 1.82) is 0 Å². The number of alkyl carbamates (subject to hydrolysis) is 1. The molecule has 3 rings (SSSR count). The minimum absolute atomic E-state index is 0.0621. The molecule has 4 amide bonds. The van der Waals surface area contributed by atoms with E-state index in [9.17, 15) is 19.2 Å². The van der Waals surface area contributed by atoms with Crippen molar-refractivity contribution in [3.63, 3.8) is 0 Å². The van der Waals surface area contributed by atoms with Gasteiger partial charge in [0, 0.05) is 12.1 Å². The number of ether oxygens (including phenoxy) is 1. The maximum atomic E-state index is 14.0.